The molecule has 0 bridgehead atoms. The van der Waals surface area contributed by atoms with E-state index in [1.807, 2.05) is 0 Å². The number of rotatable bonds is 8. The van der Waals surface area contributed by atoms with Gasteiger partial charge in [-0.25, -0.2) is 9.37 Å². The van der Waals surface area contributed by atoms with Crippen LogP contribution in [-0.4, -0.2) is 29.0 Å². The second kappa shape index (κ2) is 12.2. The Morgan fingerprint density at radius 2 is 1.83 bits per heavy atom. The molecule has 11 heteroatoms. The van der Waals surface area contributed by atoms with Gasteiger partial charge in [0.15, 0.2) is 17.4 Å². The van der Waals surface area contributed by atoms with Gasteiger partial charge in [0.05, 0.1) is 18.6 Å². The minimum absolute atomic E-state index is 0. The number of aromatic amines is 1. The first-order chi connectivity index (χ1) is 16.9. The molecule has 2 N–H and O–H groups in total. The molecule has 1 amide bonds. The number of aromatic nitrogens is 2. The average Bonchev–Trinajstić information content (AvgIpc) is 2.87. The van der Waals surface area contributed by atoms with Gasteiger partial charge in [0, 0.05) is 6.54 Å². The van der Waals surface area contributed by atoms with Crippen LogP contribution in [0.5, 0.6) is 11.5 Å². The number of benzene rings is 3. The molecule has 178 valence electrons. The first-order valence-electron chi connectivity index (χ1n) is 10.4. The minimum atomic E-state index is -1.32. The molecule has 0 aliphatic rings. The number of fused-ring (bicyclic) bond motifs is 1. The zero-order valence-corrected chi connectivity index (χ0v) is 22.6. The van der Waals surface area contributed by atoms with Crippen LogP contribution in [0.3, 0.4) is 0 Å². The predicted molar refractivity (Wildman–Crippen MR) is 122 cm³/mol. The van der Waals surface area contributed by atoms with Gasteiger partial charge in [0.1, 0.15) is 17.7 Å². The van der Waals surface area contributed by atoms with Crippen LogP contribution >= 0.6 is 0 Å². The smallest absolute Gasteiger partial charge is 0.545 e. The Morgan fingerprint density at radius 3 is 2.53 bits per heavy atom. The third-order valence-corrected chi connectivity index (χ3v) is 5.15. The van der Waals surface area contributed by atoms with Crippen LogP contribution < -0.4 is 76.8 Å². The summed E-state index contributed by atoms with van der Waals surface area (Å²) >= 11 is 0. The molecule has 1 heterocycles. The fourth-order valence-corrected chi connectivity index (χ4v) is 3.37. The van der Waals surface area contributed by atoms with Crippen LogP contribution in [0, 0.1) is 5.82 Å². The number of carboxylic acid groups (broad SMARTS) is 1. The van der Waals surface area contributed by atoms with Crippen molar-refractivity contribution in [3.8, 4) is 11.5 Å². The molecular formula is C25H19FKN3O6. The Hall–Kier alpha value is -3.09. The maximum atomic E-state index is 14.5. The van der Waals surface area contributed by atoms with Crippen LogP contribution in [0.2, 0.25) is 0 Å². The van der Waals surface area contributed by atoms with E-state index in [9.17, 15) is 23.9 Å². The molecule has 3 aromatic carbocycles. The third-order valence-electron chi connectivity index (χ3n) is 5.15. The second-order valence-electron chi connectivity index (χ2n) is 7.49. The number of methoxy groups -OCH3 is 1. The van der Waals surface area contributed by atoms with Gasteiger partial charge in [-0.15, -0.1) is 0 Å². The summed E-state index contributed by atoms with van der Waals surface area (Å²) < 4.78 is 25.2. The number of hydrogen-bond acceptors (Lipinski definition) is 7. The van der Waals surface area contributed by atoms with Crippen molar-refractivity contribution in [2.45, 2.75) is 13.2 Å². The summed E-state index contributed by atoms with van der Waals surface area (Å²) in [5, 5.41) is 13.4. The molecule has 0 radical (unpaired) electrons. The Bertz CT molecular complexity index is 1470. The number of halogens is 1. The number of H-pyrrole nitrogens is 1. The number of carboxylic acids is 1. The van der Waals surface area contributed by atoms with Crippen molar-refractivity contribution in [3.05, 3.63) is 99.3 Å². The Kier molecular flexibility index (Phi) is 9.35. The number of nitrogens with one attached hydrogen (secondary N) is 2. The van der Waals surface area contributed by atoms with E-state index < -0.39 is 23.3 Å². The van der Waals surface area contributed by atoms with E-state index >= 15 is 0 Å². The summed E-state index contributed by atoms with van der Waals surface area (Å²) in [6.07, 6.45) is 0. The first kappa shape index (κ1) is 27.5. The normalized spacial score (nSPS) is 10.4. The van der Waals surface area contributed by atoms with Crippen molar-refractivity contribution in [1.82, 2.24) is 15.3 Å². The van der Waals surface area contributed by atoms with E-state index in [4.69, 9.17) is 9.47 Å². The number of carbonyl (C=O) groups is 2. The topological polar surface area (TPSA) is 133 Å². The molecule has 1 aromatic heterocycles. The number of ether oxygens (including phenoxy) is 2. The maximum absolute atomic E-state index is 14.5. The summed E-state index contributed by atoms with van der Waals surface area (Å²) in [6.45, 7) is 0.0396. The molecule has 36 heavy (non-hydrogen) atoms. The predicted octanol–water partition coefficient (Wildman–Crippen LogP) is -1.05. The van der Waals surface area contributed by atoms with Gasteiger partial charge in [-0.1, -0.05) is 36.4 Å². The molecule has 9 nitrogen and oxygen atoms in total. The fourth-order valence-electron chi connectivity index (χ4n) is 3.37. The van der Waals surface area contributed by atoms with E-state index in [0.29, 0.717) is 11.3 Å². The standard InChI is InChI=1S/C25H20FN3O6.K/c1-34-17-4-2-3-15(11-17)12-27-24(31)22-28-19-10-9-18(26)21(20(19)23(30)29-22)35-13-14-5-7-16(8-6-14)25(32)33;/h2-11H,12-13H2,1H3,(H,27,31)(H,32,33)(H,28,29,30);/q;+1/p-1. The molecule has 0 fully saturated rings. The van der Waals surface area contributed by atoms with Gasteiger partial charge in [-0.2, -0.15) is 0 Å². The van der Waals surface area contributed by atoms with Crippen LogP contribution in [-0.2, 0) is 13.2 Å². The molecule has 0 aliphatic carbocycles. The number of nitrogens with zero attached hydrogens (tertiary/aromatic N) is 1. The molecule has 0 spiro atoms. The van der Waals surface area contributed by atoms with Crippen LogP contribution in [0.4, 0.5) is 4.39 Å². The van der Waals surface area contributed by atoms with Gasteiger partial charge in [0.25, 0.3) is 11.5 Å². The zero-order valence-electron chi connectivity index (χ0n) is 19.5. The van der Waals surface area contributed by atoms with E-state index in [0.717, 1.165) is 11.6 Å². The van der Waals surface area contributed by atoms with Gasteiger partial charge in [0.2, 0.25) is 0 Å². The van der Waals surface area contributed by atoms with E-state index in [1.165, 1.54) is 37.4 Å². The monoisotopic (exact) mass is 515 g/mol. The molecular weight excluding hydrogens is 496 g/mol. The van der Waals surface area contributed by atoms with Gasteiger partial charge in [-0.05, 0) is 41.0 Å². The molecule has 0 saturated carbocycles. The zero-order chi connectivity index (χ0) is 24.9. The van der Waals surface area contributed by atoms with Crippen LogP contribution in [0.15, 0.2) is 65.5 Å². The number of hydrogen-bond donors (Lipinski definition) is 2. The Morgan fingerprint density at radius 1 is 1.08 bits per heavy atom. The van der Waals surface area contributed by atoms with Crippen molar-refractivity contribution in [2.24, 2.45) is 0 Å². The van der Waals surface area contributed by atoms with E-state index in [2.05, 4.69) is 15.3 Å². The minimum Gasteiger partial charge on any atom is -0.545 e. The fraction of sp³-hybridized carbons (Fsp3) is 0.120. The summed E-state index contributed by atoms with van der Waals surface area (Å²) in [6, 6.07) is 15.1. The van der Waals surface area contributed by atoms with Crippen molar-refractivity contribution >= 4 is 22.8 Å². The molecule has 4 aromatic rings. The SMILES string of the molecule is COc1cccc(CNC(=O)c2nc3ccc(F)c(OCc4ccc(C(=O)[O-])cc4)c3c(=O)[nH]2)c1.[K+]. The molecule has 4 rings (SSSR count). The first-order valence-corrected chi connectivity index (χ1v) is 10.4. The van der Waals surface area contributed by atoms with Crippen LogP contribution in [0.25, 0.3) is 10.9 Å². The quantitative estimate of drug-likeness (QED) is 0.286. The summed E-state index contributed by atoms with van der Waals surface area (Å²) in [5.74, 6) is -2.65. The maximum Gasteiger partial charge on any atom is 1.00 e. The molecule has 0 atom stereocenters. The Labute approximate surface area is 247 Å². The van der Waals surface area contributed by atoms with Gasteiger partial charge in [-0.3, -0.25) is 9.59 Å². The molecule has 0 unspecified atom stereocenters. The van der Waals surface area contributed by atoms with Crippen LogP contribution in [0.1, 0.15) is 32.1 Å². The average molecular weight is 516 g/mol. The molecule has 0 aliphatic heterocycles. The Balaban J connectivity index is 0.00000361. The third kappa shape index (κ3) is 6.36. The molecule has 0 saturated heterocycles. The van der Waals surface area contributed by atoms with Crippen molar-refractivity contribution < 1.29 is 79.9 Å². The van der Waals surface area contributed by atoms with Gasteiger partial charge < -0.3 is 29.7 Å². The van der Waals surface area contributed by atoms with E-state index in [-0.39, 0.29) is 92.6 Å². The summed E-state index contributed by atoms with van der Waals surface area (Å²) in [7, 11) is 1.54. The van der Waals surface area contributed by atoms with Gasteiger partial charge >= 0.3 is 51.4 Å². The largest absolute Gasteiger partial charge is 1.00 e. The van der Waals surface area contributed by atoms with Crippen molar-refractivity contribution in [3.63, 3.8) is 0 Å². The number of aromatic carboxylic acids is 1. The summed E-state index contributed by atoms with van der Waals surface area (Å²) in [5.41, 5.74) is 0.644. The van der Waals surface area contributed by atoms with Crippen molar-refractivity contribution in [2.75, 3.05) is 7.11 Å². The van der Waals surface area contributed by atoms with E-state index in [1.54, 1.807) is 24.3 Å². The summed E-state index contributed by atoms with van der Waals surface area (Å²) in [4.78, 5) is 42.7. The number of amides is 1. The second-order valence-corrected chi connectivity index (χ2v) is 7.49. The number of carbonyl (C=O) groups excluding carboxylic acids is 2. The van der Waals surface area contributed by atoms with Crippen molar-refractivity contribution in [1.29, 1.82) is 0 Å².